The highest BCUT2D eigenvalue weighted by molar-refractivity contribution is 5.87. The van der Waals surface area contributed by atoms with Gasteiger partial charge in [-0.3, -0.25) is 4.79 Å². The number of aliphatic carboxylic acids is 1. The van der Waals surface area contributed by atoms with Gasteiger partial charge in [0.05, 0.1) is 6.42 Å². The van der Waals surface area contributed by atoms with Gasteiger partial charge in [-0.15, -0.1) is 0 Å². The summed E-state index contributed by atoms with van der Waals surface area (Å²) < 4.78 is 4.12. The number of benzene rings is 1. The van der Waals surface area contributed by atoms with Crippen LogP contribution in [0.15, 0.2) is 42.9 Å². The maximum Gasteiger partial charge on any atom is 0.307 e. The Labute approximate surface area is 122 Å². The topological polar surface area (TPSA) is 60.0 Å². The van der Waals surface area contributed by atoms with E-state index in [1.54, 1.807) is 6.20 Å². The van der Waals surface area contributed by atoms with Crippen molar-refractivity contribution in [1.82, 2.24) is 14.1 Å². The maximum absolute atomic E-state index is 11.0. The minimum atomic E-state index is -0.804. The Balaban J connectivity index is 1.91. The lowest BCUT2D eigenvalue weighted by atomic mass is 10.1. The zero-order valence-electron chi connectivity index (χ0n) is 11.9. The van der Waals surface area contributed by atoms with E-state index in [4.69, 9.17) is 5.11 Å². The van der Waals surface area contributed by atoms with Gasteiger partial charge in [-0.2, -0.15) is 0 Å². The van der Waals surface area contributed by atoms with Crippen LogP contribution in [0.2, 0.25) is 0 Å². The lowest BCUT2D eigenvalue weighted by Crippen LogP contribution is -2.05. The number of aromatic nitrogens is 3. The molecule has 0 unspecified atom stereocenters. The monoisotopic (exact) mass is 283 g/mol. The van der Waals surface area contributed by atoms with Crippen molar-refractivity contribution in [1.29, 1.82) is 0 Å². The minimum absolute atomic E-state index is 0.0515. The lowest BCUT2D eigenvalue weighted by molar-refractivity contribution is -0.136. The SMILES string of the molecule is Cn1ccnc1CCn1cc(CC(=O)O)c2ccccc21. The Morgan fingerprint density at radius 3 is 2.86 bits per heavy atom. The Morgan fingerprint density at radius 1 is 1.33 bits per heavy atom. The zero-order chi connectivity index (χ0) is 14.8. The Kier molecular flexibility index (Phi) is 3.48. The van der Waals surface area contributed by atoms with E-state index in [9.17, 15) is 4.79 Å². The van der Waals surface area contributed by atoms with Gasteiger partial charge in [0.1, 0.15) is 5.82 Å². The summed E-state index contributed by atoms with van der Waals surface area (Å²) in [6.07, 6.45) is 6.53. The third kappa shape index (κ3) is 2.67. The second-order valence-electron chi connectivity index (χ2n) is 5.14. The van der Waals surface area contributed by atoms with Crippen molar-refractivity contribution >= 4 is 16.9 Å². The maximum atomic E-state index is 11.0. The molecule has 0 radical (unpaired) electrons. The van der Waals surface area contributed by atoms with Crippen LogP contribution in [-0.2, 0) is 31.2 Å². The van der Waals surface area contributed by atoms with Gasteiger partial charge in [-0.25, -0.2) is 4.98 Å². The number of imidazole rings is 1. The fourth-order valence-corrected chi connectivity index (χ4v) is 2.67. The van der Waals surface area contributed by atoms with Crippen LogP contribution < -0.4 is 0 Å². The molecule has 0 atom stereocenters. The summed E-state index contributed by atoms with van der Waals surface area (Å²) >= 11 is 0. The number of aryl methyl sites for hydroxylation is 3. The van der Waals surface area contributed by atoms with Crippen LogP contribution >= 0.6 is 0 Å². The van der Waals surface area contributed by atoms with Gasteiger partial charge in [0.25, 0.3) is 0 Å². The highest BCUT2D eigenvalue weighted by Gasteiger charge is 2.11. The second kappa shape index (κ2) is 5.44. The van der Waals surface area contributed by atoms with E-state index in [1.165, 1.54) is 0 Å². The number of fused-ring (bicyclic) bond motifs is 1. The molecular weight excluding hydrogens is 266 g/mol. The number of nitrogens with zero attached hydrogens (tertiary/aromatic N) is 3. The number of carboxylic acid groups (broad SMARTS) is 1. The molecule has 0 saturated heterocycles. The molecule has 0 aliphatic rings. The summed E-state index contributed by atoms with van der Waals surface area (Å²) in [4.78, 5) is 15.3. The first-order valence-corrected chi connectivity index (χ1v) is 6.90. The van der Waals surface area contributed by atoms with Crippen molar-refractivity contribution in [2.45, 2.75) is 19.4 Å². The van der Waals surface area contributed by atoms with Crippen molar-refractivity contribution in [3.05, 3.63) is 54.2 Å². The fraction of sp³-hybridized carbons (Fsp3) is 0.250. The van der Waals surface area contributed by atoms with Crippen LogP contribution in [0, 0.1) is 0 Å². The number of carbonyl (C=O) groups is 1. The molecule has 0 amide bonds. The molecule has 3 rings (SSSR count). The van der Waals surface area contributed by atoms with Crippen molar-refractivity contribution in [2.24, 2.45) is 7.05 Å². The molecule has 1 N–H and O–H groups in total. The van der Waals surface area contributed by atoms with Crippen LogP contribution in [0.3, 0.4) is 0 Å². The summed E-state index contributed by atoms with van der Waals surface area (Å²) in [5.74, 6) is 0.217. The largest absolute Gasteiger partial charge is 0.481 e. The number of carboxylic acids is 1. The Bertz CT molecular complexity index is 786. The molecule has 1 aromatic carbocycles. The fourth-order valence-electron chi connectivity index (χ4n) is 2.67. The van der Waals surface area contributed by atoms with Gasteiger partial charge >= 0.3 is 5.97 Å². The third-order valence-corrected chi connectivity index (χ3v) is 3.71. The molecule has 108 valence electrons. The molecule has 3 aromatic rings. The molecule has 0 aliphatic heterocycles. The molecule has 0 fully saturated rings. The van der Waals surface area contributed by atoms with E-state index < -0.39 is 5.97 Å². The molecule has 0 saturated carbocycles. The van der Waals surface area contributed by atoms with Crippen molar-refractivity contribution < 1.29 is 9.90 Å². The van der Waals surface area contributed by atoms with Crippen molar-refractivity contribution in [3.63, 3.8) is 0 Å². The molecule has 2 aromatic heterocycles. The van der Waals surface area contributed by atoms with Crippen LogP contribution in [0.4, 0.5) is 0 Å². The zero-order valence-corrected chi connectivity index (χ0v) is 11.9. The van der Waals surface area contributed by atoms with E-state index >= 15 is 0 Å². The third-order valence-electron chi connectivity index (χ3n) is 3.71. The van der Waals surface area contributed by atoms with Gasteiger partial charge in [0.15, 0.2) is 0 Å². The number of hydrogen-bond donors (Lipinski definition) is 1. The smallest absolute Gasteiger partial charge is 0.307 e. The Hall–Kier alpha value is -2.56. The molecule has 0 bridgehead atoms. The second-order valence-corrected chi connectivity index (χ2v) is 5.14. The van der Waals surface area contributed by atoms with E-state index in [0.29, 0.717) is 0 Å². The van der Waals surface area contributed by atoms with Crippen LogP contribution in [0.25, 0.3) is 10.9 Å². The minimum Gasteiger partial charge on any atom is -0.481 e. The van der Waals surface area contributed by atoms with Crippen molar-refractivity contribution in [2.75, 3.05) is 0 Å². The first kappa shape index (κ1) is 13.4. The van der Waals surface area contributed by atoms with E-state index in [-0.39, 0.29) is 6.42 Å². The van der Waals surface area contributed by atoms with Gasteiger partial charge in [0, 0.05) is 49.5 Å². The Morgan fingerprint density at radius 2 is 2.14 bits per heavy atom. The normalized spacial score (nSPS) is 11.1. The number of hydrogen-bond acceptors (Lipinski definition) is 2. The molecule has 0 spiro atoms. The van der Waals surface area contributed by atoms with Gasteiger partial charge in [-0.05, 0) is 11.6 Å². The van der Waals surface area contributed by atoms with E-state index in [0.717, 1.165) is 35.3 Å². The summed E-state index contributed by atoms with van der Waals surface area (Å²) in [5, 5.41) is 10.0. The summed E-state index contributed by atoms with van der Waals surface area (Å²) in [7, 11) is 1.98. The van der Waals surface area contributed by atoms with Crippen LogP contribution in [0.5, 0.6) is 0 Å². The summed E-state index contributed by atoms with van der Waals surface area (Å²) in [6.45, 7) is 0.783. The lowest BCUT2D eigenvalue weighted by Gasteiger charge is -2.05. The number of rotatable bonds is 5. The first-order valence-electron chi connectivity index (χ1n) is 6.90. The van der Waals surface area contributed by atoms with Crippen LogP contribution in [0.1, 0.15) is 11.4 Å². The molecular formula is C16H17N3O2. The molecule has 0 aliphatic carbocycles. The highest BCUT2D eigenvalue weighted by Crippen LogP contribution is 2.22. The summed E-state index contributed by atoms with van der Waals surface area (Å²) in [6, 6.07) is 7.92. The molecule has 2 heterocycles. The predicted octanol–water partition coefficient (Wildman–Crippen LogP) is 2.24. The first-order chi connectivity index (χ1) is 10.1. The number of para-hydroxylation sites is 1. The van der Waals surface area contributed by atoms with Crippen molar-refractivity contribution in [3.8, 4) is 0 Å². The van der Waals surface area contributed by atoms with Gasteiger partial charge in [-0.1, -0.05) is 18.2 Å². The predicted molar refractivity (Wildman–Crippen MR) is 80.2 cm³/mol. The molecule has 21 heavy (non-hydrogen) atoms. The van der Waals surface area contributed by atoms with Gasteiger partial charge < -0.3 is 14.2 Å². The van der Waals surface area contributed by atoms with Crippen LogP contribution in [-0.4, -0.2) is 25.2 Å². The standard InChI is InChI=1S/C16H17N3O2/c1-18-9-7-17-15(18)6-8-19-11-12(10-16(20)21)13-4-2-3-5-14(13)19/h2-5,7,9,11H,6,8,10H2,1H3,(H,20,21). The highest BCUT2D eigenvalue weighted by atomic mass is 16.4. The average Bonchev–Trinajstić information content (AvgIpc) is 3.01. The van der Waals surface area contributed by atoms with E-state index in [1.807, 2.05) is 48.3 Å². The quantitative estimate of drug-likeness (QED) is 0.781. The van der Waals surface area contributed by atoms with Gasteiger partial charge in [0.2, 0.25) is 0 Å². The van der Waals surface area contributed by atoms with E-state index in [2.05, 4.69) is 9.55 Å². The molecule has 5 nitrogen and oxygen atoms in total. The molecule has 5 heteroatoms. The summed E-state index contributed by atoms with van der Waals surface area (Å²) in [5.41, 5.74) is 1.93. The average molecular weight is 283 g/mol.